The number of nitrogens with one attached hydrogen (secondary N) is 2. The highest BCUT2D eigenvalue weighted by atomic mass is 19.1. The Labute approximate surface area is 719 Å². The molecule has 20 rings (SSSR count). The molecule has 626 valence electrons. The SMILES string of the molecule is CNC(=O)c1ccc(-c2ccc3nnc(COc4ccnc5cc(OC)ccc45)n3n2)cc1.COc1ccc2c(OCc3nnc4ccc(-c5ccc(C#N)c(F)c5)nn34)ccnc2c1.COc1ccc2c(OCc3nnc4ccc(-c5ccc(NC(C)=O)cc5)nn34)ccnc2c1.COc1cnc2c(OCc3nnc4ccc(-c5ccccc5)nn34)ccnc2c1. The lowest BCUT2D eigenvalue weighted by molar-refractivity contribution is -0.114. The Morgan fingerprint density at radius 3 is 1.15 bits per heavy atom. The normalized spacial score (nSPS) is 11.0. The third-order valence-corrected chi connectivity index (χ3v) is 19.8. The molecule has 7 aromatic carbocycles. The number of carbonyl (C=O) groups excluding carboxylic acids is 2. The van der Waals surface area contributed by atoms with Gasteiger partial charge >= 0.3 is 0 Å². The molecule has 13 aromatic heterocycles. The predicted octanol–water partition coefficient (Wildman–Crippen LogP) is 14.4. The number of benzene rings is 7. The van der Waals surface area contributed by atoms with E-state index >= 15 is 0 Å². The molecule has 0 aliphatic heterocycles. The first-order valence-corrected chi connectivity index (χ1v) is 39.1. The zero-order chi connectivity index (χ0) is 87.3. The lowest BCUT2D eigenvalue weighted by Gasteiger charge is -2.09. The quantitative estimate of drug-likeness (QED) is 0.0636. The first-order chi connectivity index (χ1) is 62.2. The Kier molecular flexibility index (Phi) is 23.9. The van der Waals surface area contributed by atoms with Gasteiger partial charge in [-0.3, -0.25) is 29.5 Å². The van der Waals surface area contributed by atoms with Gasteiger partial charge in [0.05, 0.1) is 85.0 Å². The summed E-state index contributed by atoms with van der Waals surface area (Å²) in [7, 11) is 8.04. The molecule has 0 spiro atoms. The third kappa shape index (κ3) is 18.2. The number of pyridine rings is 5. The number of nitriles is 1. The van der Waals surface area contributed by atoms with Crippen LogP contribution in [0.25, 0.3) is 111 Å². The molecule has 13 heterocycles. The third-order valence-electron chi connectivity index (χ3n) is 19.8. The largest absolute Gasteiger partial charge is 0.497 e. The van der Waals surface area contributed by atoms with Crippen LogP contribution in [0, 0.1) is 17.1 Å². The fourth-order valence-electron chi connectivity index (χ4n) is 13.4. The van der Waals surface area contributed by atoms with E-state index in [9.17, 15) is 14.0 Å². The molecule has 0 saturated heterocycles. The van der Waals surface area contributed by atoms with Crippen molar-refractivity contribution in [2.75, 3.05) is 40.8 Å². The summed E-state index contributed by atoms with van der Waals surface area (Å²) in [5, 5.41) is 69.0. The van der Waals surface area contributed by atoms with E-state index in [0.717, 1.165) is 83.7 Å². The molecule has 2 amide bonds. The lowest BCUT2D eigenvalue weighted by atomic mass is 10.1. The van der Waals surface area contributed by atoms with Gasteiger partial charge in [-0.15, -0.1) is 40.8 Å². The fourth-order valence-corrected chi connectivity index (χ4v) is 13.4. The number of aromatic nitrogens is 21. The summed E-state index contributed by atoms with van der Waals surface area (Å²) in [5.74, 6) is 6.79. The number of hydrogen-bond acceptors (Lipinski definition) is 28. The molecule has 0 bridgehead atoms. The summed E-state index contributed by atoms with van der Waals surface area (Å²) in [4.78, 5) is 44.8. The van der Waals surface area contributed by atoms with Gasteiger partial charge in [-0.2, -0.15) is 43.7 Å². The minimum Gasteiger partial charge on any atom is -0.497 e. The van der Waals surface area contributed by atoms with Crippen molar-refractivity contribution in [1.82, 2.24) is 109 Å². The summed E-state index contributed by atoms with van der Waals surface area (Å²) in [5.41, 5.74) is 13.5. The summed E-state index contributed by atoms with van der Waals surface area (Å²) in [6, 6.07) is 71.4. The molecule has 20 aromatic rings. The number of hydrogen-bond donors (Lipinski definition) is 2. The van der Waals surface area contributed by atoms with Crippen LogP contribution in [0.5, 0.6) is 46.0 Å². The Bertz CT molecular complexity index is 7500. The Morgan fingerprint density at radius 2 is 0.756 bits per heavy atom. The van der Waals surface area contributed by atoms with Crippen LogP contribution in [-0.4, -0.2) is 151 Å². The lowest BCUT2D eigenvalue weighted by Crippen LogP contribution is -2.17. The fraction of sp³-hybridized carbons (Fsp3) is 0.109. The van der Waals surface area contributed by atoms with Crippen LogP contribution in [0.15, 0.2) is 262 Å². The maximum Gasteiger partial charge on any atom is 0.251 e. The van der Waals surface area contributed by atoms with E-state index in [-0.39, 0.29) is 43.8 Å². The molecule has 127 heavy (non-hydrogen) atoms. The van der Waals surface area contributed by atoms with Crippen molar-refractivity contribution in [3.8, 4) is 97.1 Å². The van der Waals surface area contributed by atoms with Gasteiger partial charge in [0.25, 0.3) is 5.91 Å². The number of rotatable bonds is 22. The number of methoxy groups -OCH3 is 4. The molecule has 0 saturated carbocycles. The van der Waals surface area contributed by atoms with E-state index in [1.54, 1.807) is 127 Å². The maximum atomic E-state index is 14.0. The number of amides is 2. The van der Waals surface area contributed by atoms with Gasteiger partial charge in [-0.05, 0) is 140 Å². The topological polar surface area (TPSA) is 393 Å². The molecule has 0 radical (unpaired) electrons. The van der Waals surface area contributed by atoms with Gasteiger partial charge in [-0.1, -0.05) is 60.7 Å². The minimum atomic E-state index is -0.597. The number of halogens is 1. The molecular weight excluding hydrogens is 1620 g/mol. The van der Waals surface area contributed by atoms with Crippen molar-refractivity contribution >= 4 is 83.8 Å². The van der Waals surface area contributed by atoms with Crippen molar-refractivity contribution in [3.05, 3.63) is 302 Å². The molecule has 0 aliphatic rings. The molecule has 34 nitrogen and oxygen atoms in total. The van der Waals surface area contributed by atoms with Gasteiger partial charge in [-0.25, -0.2) is 9.37 Å². The second-order valence-electron chi connectivity index (χ2n) is 27.8. The van der Waals surface area contributed by atoms with E-state index in [2.05, 4.69) is 96.7 Å². The molecule has 35 heteroatoms. The Hall–Kier alpha value is -17.7. The second-order valence-corrected chi connectivity index (χ2v) is 27.8. The van der Waals surface area contributed by atoms with Crippen LogP contribution in [0.4, 0.5) is 10.1 Å². The standard InChI is InChI=1S/2C24H20N6O3.C23H15FN6O2.C21H16N6O2/c1-25-24(31)16-5-3-15(4-6-16)19-9-10-22-27-28-23(30(22)29-19)14-33-21-11-12-26-20-13-17(32-2)7-8-18(20)21;1-15(31)26-17-5-3-16(4-6-17)20-9-10-23-27-28-24(30(23)29-20)14-33-22-11-12-25-21-13-18(32-2)7-8-19(21)22;1-31-16-4-5-17-20(11-16)26-9-8-21(17)32-13-23-28-27-22-7-6-19(29-30(22)23)14-2-3-15(12-25)18(24)10-14;1-28-15-11-17-21(23-12-15)18(9-10-22-17)29-13-20-25-24-19-8-7-16(26-27(19)20)14-5-3-2-4-6-14/h3-13H,14H2,1-2H3,(H,25,31);3-13H,14H2,1-2H3,(H,26,31);2-11H,13H2,1H3;2-12H,13H2,1H3. The van der Waals surface area contributed by atoms with Gasteiger partial charge < -0.3 is 48.5 Å². The first kappa shape index (κ1) is 81.6. The van der Waals surface area contributed by atoms with E-state index in [4.69, 9.17) is 43.2 Å². The average Bonchev–Trinajstić information content (AvgIpc) is 1.02. The average molecular weight is 1690 g/mol. The minimum absolute atomic E-state index is 0.0181. The van der Waals surface area contributed by atoms with E-state index in [1.807, 2.05) is 182 Å². The summed E-state index contributed by atoms with van der Waals surface area (Å²) < 4.78 is 65.7. The van der Waals surface area contributed by atoms with Crippen LogP contribution >= 0.6 is 0 Å². The van der Waals surface area contributed by atoms with Crippen LogP contribution in [0.2, 0.25) is 0 Å². The van der Waals surface area contributed by atoms with Crippen LogP contribution < -0.4 is 48.5 Å². The second kappa shape index (κ2) is 37.1. The molecular formula is C92H71FN24O10. The Morgan fingerprint density at radius 1 is 0.386 bits per heavy atom. The molecule has 0 unspecified atom stereocenters. The number of carbonyl (C=O) groups is 2. The summed E-state index contributed by atoms with van der Waals surface area (Å²) in [6.07, 6.45) is 8.36. The highest BCUT2D eigenvalue weighted by Crippen LogP contribution is 2.34. The molecule has 0 atom stereocenters. The predicted molar refractivity (Wildman–Crippen MR) is 466 cm³/mol. The molecule has 0 aliphatic carbocycles. The van der Waals surface area contributed by atoms with Gasteiger partial charge in [0, 0.05) is 119 Å². The van der Waals surface area contributed by atoms with Crippen LogP contribution in [-0.2, 0) is 31.2 Å². The van der Waals surface area contributed by atoms with Crippen molar-refractivity contribution in [2.45, 2.75) is 33.4 Å². The molecule has 0 fully saturated rings. The van der Waals surface area contributed by atoms with Crippen molar-refractivity contribution < 1.29 is 51.9 Å². The van der Waals surface area contributed by atoms with Crippen molar-refractivity contribution in [1.29, 1.82) is 5.26 Å². The highest BCUT2D eigenvalue weighted by molar-refractivity contribution is 5.95. The maximum absolute atomic E-state index is 14.0. The van der Waals surface area contributed by atoms with Crippen molar-refractivity contribution in [3.63, 3.8) is 0 Å². The number of ether oxygens (including phenoxy) is 8. The molecule has 2 N–H and O–H groups in total. The summed E-state index contributed by atoms with van der Waals surface area (Å²) in [6.45, 7) is 2.15. The van der Waals surface area contributed by atoms with Crippen LogP contribution in [0.1, 0.15) is 46.1 Å². The highest BCUT2D eigenvalue weighted by Gasteiger charge is 2.20. The van der Waals surface area contributed by atoms with Crippen molar-refractivity contribution in [2.24, 2.45) is 0 Å². The monoisotopic (exact) mass is 1690 g/mol. The van der Waals surface area contributed by atoms with Crippen LogP contribution in [0.3, 0.4) is 0 Å². The number of anilines is 1. The van der Waals surface area contributed by atoms with Gasteiger partial charge in [0.2, 0.25) is 5.91 Å². The summed E-state index contributed by atoms with van der Waals surface area (Å²) >= 11 is 0. The van der Waals surface area contributed by atoms with E-state index < -0.39 is 5.82 Å². The Balaban J connectivity index is 0.000000119. The van der Waals surface area contributed by atoms with E-state index in [0.29, 0.717) is 108 Å². The zero-order valence-electron chi connectivity index (χ0n) is 68.5. The first-order valence-electron chi connectivity index (χ1n) is 39.1. The van der Waals surface area contributed by atoms with E-state index in [1.165, 1.54) is 19.1 Å². The van der Waals surface area contributed by atoms with Gasteiger partial charge in [0.1, 0.15) is 89.8 Å². The smallest absolute Gasteiger partial charge is 0.251 e. The number of fused-ring (bicyclic) bond motifs is 8. The zero-order valence-corrected chi connectivity index (χ0v) is 68.5. The number of nitrogens with zero attached hydrogens (tertiary/aromatic N) is 22. The van der Waals surface area contributed by atoms with Gasteiger partial charge in [0.15, 0.2) is 45.9 Å².